The van der Waals surface area contributed by atoms with Gasteiger partial charge in [0.2, 0.25) is 0 Å². The molecule has 1 fully saturated rings. The Kier molecular flexibility index (Phi) is 4.90. The van der Waals surface area contributed by atoms with Gasteiger partial charge in [0.25, 0.3) is 11.7 Å². The fourth-order valence-electron chi connectivity index (χ4n) is 1.33. The lowest BCUT2D eigenvalue weighted by Crippen LogP contribution is -2.50. The van der Waals surface area contributed by atoms with Gasteiger partial charge in [-0.1, -0.05) is 0 Å². The van der Waals surface area contributed by atoms with Crippen LogP contribution in [0.15, 0.2) is 0 Å². The molecular weight excluding hydrogens is 194 g/mol. The average molecular weight is 208 g/mol. The Morgan fingerprint density at radius 1 is 1.23 bits per heavy atom. The van der Waals surface area contributed by atoms with Gasteiger partial charge in [0.1, 0.15) is 6.17 Å². The number of Topliss-reactive ketones (excluding diaryl/α,β-unsaturated/α-hetero) is 1. The number of hydrogen-bond donors (Lipinski definition) is 2. The third kappa shape index (κ3) is 2.95. The Hall–Kier alpha value is -0.650. The van der Waals surface area contributed by atoms with Crippen LogP contribution in [-0.2, 0) is 9.59 Å². The molecule has 1 aliphatic rings. The van der Waals surface area contributed by atoms with E-state index in [1.165, 1.54) is 0 Å². The zero-order valence-corrected chi connectivity index (χ0v) is 8.05. The first-order chi connectivity index (χ1) is 5.63. The van der Waals surface area contributed by atoms with Crippen LogP contribution in [0.1, 0.15) is 12.8 Å². The number of halogens is 1. The van der Waals surface area contributed by atoms with Crippen LogP contribution in [0.5, 0.6) is 0 Å². The second-order valence-corrected chi connectivity index (χ2v) is 2.92. The van der Waals surface area contributed by atoms with Gasteiger partial charge in [-0.05, 0) is 12.8 Å². The molecule has 1 heterocycles. The normalized spacial score (nSPS) is 19.2. The standard InChI is InChI=1S/C7H13N3O2.ClH/c8-6(5(11)7(9)12)10-3-1-2-4-10;/h6H,1-4,8H2,(H2,9,12);1H. The molecule has 13 heavy (non-hydrogen) atoms. The molecule has 1 amide bonds. The van der Waals surface area contributed by atoms with Crippen molar-refractivity contribution in [3.63, 3.8) is 0 Å². The van der Waals surface area contributed by atoms with E-state index in [1.807, 2.05) is 0 Å². The summed E-state index contributed by atoms with van der Waals surface area (Å²) in [7, 11) is 0. The second kappa shape index (κ2) is 5.16. The molecule has 5 nitrogen and oxygen atoms in total. The van der Waals surface area contributed by atoms with Crippen LogP contribution in [0.2, 0.25) is 0 Å². The van der Waals surface area contributed by atoms with Gasteiger partial charge in [0.15, 0.2) is 0 Å². The Bertz CT molecular complexity index is 204. The third-order valence-electron chi connectivity index (χ3n) is 2.05. The van der Waals surface area contributed by atoms with Crippen LogP contribution in [0.4, 0.5) is 0 Å². The zero-order valence-electron chi connectivity index (χ0n) is 7.23. The predicted octanol–water partition coefficient (Wildman–Crippen LogP) is -1.16. The van der Waals surface area contributed by atoms with E-state index in [0.29, 0.717) is 0 Å². The first-order valence-electron chi connectivity index (χ1n) is 3.96. The highest BCUT2D eigenvalue weighted by molar-refractivity contribution is 6.37. The summed E-state index contributed by atoms with van der Waals surface area (Å²) in [4.78, 5) is 23.2. The van der Waals surface area contributed by atoms with Crippen molar-refractivity contribution in [3.05, 3.63) is 0 Å². The molecule has 0 saturated carbocycles. The van der Waals surface area contributed by atoms with Crippen LogP contribution in [0.25, 0.3) is 0 Å². The average Bonchev–Trinajstić information content (AvgIpc) is 2.53. The highest BCUT2D eigenvalue weighted by atomic mass is 35.5. The minimum Gasteiger partial charge on any atom is -0.363 e. The fraction of sp³-hybridized carbons (Fsp3) is 0.714. The van der Waals surface area contributed by atoms with Gasteiger partial charge in [-0.2, -0.15) is 0 Å². The maximum atomic E-state index is 11.0. The summed E-state index contributed by atoms with van der Waals surface area (Å²) >= 11 is 0. The lowest BCUT2D eigenvalue weighted by molar-refractivity contribution is -0.138. The first kappa shape index (κ1) is 12.3. The minimum atomic E-state index is -0.950. The SMILES string of the molecule is Cl.NC(=O)C(=O)C(N)N1CCCC1. The molecule has 0 aliphatic carbocycles. The number of hydrogen-bond acceptors (Lipinski definition) is 4. The van der Waals surface area contributed by atoms with Crippen LogP contribution in [-0.4, -0.2) is 35.8 Å². The highest BCUT2D eigenvalue weighted by Crippen LogP contribution is 2.09. The summed E-state index contributed by atoms with van der Waals surface area (Å²) < 4.78 is 0. The van der Waals surface area contributed by atoms with Crippen molar-refractivity contribution in [3.8, 4) is 0 Å². The minimum absolute atomic E-state index is 0. The largest absolute Gasteiger partial charge is 0.363 e. The summed E-state index contributed by atoms with van der Waals surface area (Å²) in [5.74, 6) is -1.65. The number of nitrogens with two attached hydrogens (primary N) is 2. The van der Waals surface area contributed by atoms with Crippen molar-refractivity contribution >= 4 is 24.1 Å². The number of likely N-dealkylation sites (tertiary alicyclic amines) is 1. The van der Waals surface area contributed by atoms with E-state index in [-0.39, 0.29) is 12.4 Å². The van der Waals surface area contributed by atoms with E-state index in [4.69, 9.17) is 11.5 Å². The second-order valence-electron chi connectivity index (χ2n) is 2.92. The van der Waals surface area contributed by atoms with E-state index in [2.05, 4.69) is 0 Å². The highest BCUT2D eigenvalue weighted by Gasteiger charge is 2.27. The maximum absolute atomic E-state index is 11.0. The number of rotatable bonds is 3. The third-order valence-corrected chi connectivity index (χ3v) is 2.05. The van der Waals surface area contributed by atoms with Gasteiger partial charge in [-0.25, -0.2) is 0 Å². The van der Waals surface area contributed by atoms with E-state index < -0.39 is 17.9 Å². The van der Waals surface area contributed by atoms with Gasteiger partial charge in [-0.3, -0.25) is 14.5 Å². The summed E-state index contributed by atoms with van der Waals surface area (Å²) in [6, 6.07) is 0. The van der Waals surface area contributed by atoms with Gasteiger partial charge < -0.3 is 11.5 Å². The first-order valence-corrected chi connectivity index (χ1v) is 3.96. The molecule has 0 bridgehead atoms. The molecule has 4 N–H and O–H groups in total. The van der Waals surface area contributed by atoms with E-state index in [9.17, 15) is 9.59 Å². The van der Waals surface area contributed by atoms with E-state index in [1.54, 1.807) is 4.90 Å². The Morgan fingerprint density at radius 2 is 1.69 bits per heavy atom. The lowest BCUT2D eigenvalue weighted by Gasteiger charge is -2.20. The fourth-order valence-corrected chi connectivity index (χ4v) is 1.33. The number of carbonyl (C=O) groups is 2. The summed E-state index contributed by atoms with van der Waals surface area (Å²) in [6.45, 7) is 1.56. The molecule has 0 spiro atoms. The van der Waals surface area contributed by atoms with Gasteiger partial charge in [0.05, 0.1) is 0 Å². The lowest BCUT2D eigenvalue weighted by atomic mass is 10.3. The Balaban J connectivity index is 0.00000144. The molecule has 76 valence electrons. The molecule has 0 aromatic heterocycles. The van der Waals surface area contributed by atoms with Gasteiger partial charge >= 0.3 is 0 Å². The molecule has 1 unspecified atom stereocenters. The number of amides is 1. The van der Waals surface area contributed by atoms with Crippen LogP contribution < -0.4 is 11.5 Å². The molecule has 0 radical (unpaired) electrons. The van der Waals surface area contributed by atoms with Crippen molar-refractivity contribution in [2.24, 2.45) is 11.5 Å². The van der Waals surface area contributed by atoms with Crippen molar-refractivity contribution in [2.45, 2.75) is 19.0 Å². The van der Waals surface area contributed by atoms with Gasteiger partial charge in [-0.15, -0.1) is 12.4 Å². The van der Waals surface area contributed by atoms with Crippen LogP contribution in [0.3, 0.4) is 0 Å². The van der Waals surface area contributed by atoms with E-state index in [0.717, 1.165) is 25.9 Å². The number of nitrogens with zero attached hydrogens (tertiary/aromatic N) is 1. The van der Waals surface area contributed by atoms with Crippen LogP contribution in [0, 0.1) is 0 Å². The van der Waals surface area contributed by atoms with Crippen LogP contribution >= 0.6 is 12.4 Å². The van der Waals surface area contributed by atoms with Crippen molar-refractivity contribution in [2.75, 3.05) is 13.1 Å². The zero-order chi connectivity index (χ0) is 9.14. The summed E-state index contributed by atoms with van der Waals surface area (Å²) in [5, 5.41) is 0. The molecule has 1 aliphatic heterocycles. The molecule has 0 aromatic rings. The monoisotopic (exact) mass is 207 g/mol. The van der Waals surface area contributed by atoms with Gasteiger partial charge in [0, 0.05) is 13.1 Å². The molecule has 1 atom stereocenters. The topological polar surface area (TPSA) is 89.4 Å². The maximum Gasteiger partial charge on any atom is 0.287 e. The van der Waals surface area contributed by atoms with Crippen molar-refractivity contribution in [1.82, 2.24) is 4.90 Å². The smallest absolute Gasteiger partial charge is 0.287 e. The molecule has 0 aromatic carbocycles. The Morgan fingerprint density at radius 3 is 2.08 bits per heavy atom. The molecule has 1 saturated heterocycles. The van der Waals surface area contributed by atoms with Crippen molar-refractivity contribution in [1.29, 1.82) is 0 Å². The van der Waals surface area contributed by atoms with Crippen molar-refractivity contribution < 1.29 is 9.59 Å². The molecular formula is C7H14ClN3O2. The Labute approximate surface area is 82.8 Å². The summed E-state index contributed by atoms with van der Waals surface area (Å²) in [5.41, 5.74) is 10.3. The number of primary amides is 1. The molecule has 6 heteroatoms. The quantitative estimate of drug-likeness (QED) is 0.572. The predicted molar refractivity (Wildman–Crippen MR) is 50.2 cm³/mol. The summed E-state index contributed by atoms with van der Waals surface area (Å²) in [6.07, 6.45) is 1.23. The number of ketones is 1. The van der Waals surface area contributed by atoms with E-state index >= 15 is 0 Å². The number of carbonyl (C=O) groups excluding carboxylic acids is 2. The molecule has 1 rings (SSSR count).